The van der Waals surface area contributed by atoms with Crippen LogP contribution >= 0.6 is 0 Å². The third-order valence-corrected chi connectivity index (χ3v) is 5.34. The summed E-state index contributed by atoms with van der Waals surface area (Å²) in [6, 6.07) is 0.501. The van der Waals surface area contributed by atoms with Gasteiger partial charge in [0.25, 0.3) is 17.9 Å². The number of rotatable bonds is 6. The van der Waals surface area contributed by atoms with E-state index >= 15 is 0 Å². The molecular weight excluding hydrogens is 349 g/mol. The fourth-order valence-electron chi connectivity index (χ4n) is 1.96. The third-order valence-electron chi connectivity index (χ3n) is 2.68. The number of carbonyl (C=O) groups is 3. The lowest BCUT2D eigenvalue weighted by atomic mass is 10.1. The van der Waals surface area contributed by atoms with Crippen LogP contribution in [0.4, 0.5) is 13.2 Å². The van der Waals surface area contributed by atoms with Crippen LogP contribution in [0.3, 0.4) is 0 Å². The van der Waals surface area contributed by atoms with Crippen LogP contribution in [0.5, 0.6) is 0 Å². The van der Waals surface area contributed by atoms with Crippen molar-refractivity contribution in [2.75, 3.05) is 0 Å². The topological polar surface area (TPSA) is 78.9 Å². The van der Waals surface area contributed by atoms with E-state index in [4.69, 9.17) is 13.3 Å². The Morgan fingerprint density at radius 2 is 1.25 bits per heavy atom. The van der Waals surface area contributed by atoms with E-state index in [1.54, 1.807) is 0 Å². The van der Waals surface area contributed by atoms with E-state index in [0.29, 0.717) is 12.1 Å². The molecule has 6 nitrogen and oxygen atoms in total. The number of hydrogen-bond acceptors (Lipinski definition) is 6. The lowest BCUT2D eigenvalue weighted by molar-refractivity contribution is -0.147. The van der Waals surface area contributed by atoms with Crippen molar-refractivity contribution >= 4 is 26.7 Å². The summed E-state index contributed by atoms with van der Waals surface area (Å²) in [5.74, 6) is -6.12. The quantitative estimate of drug-likeness (QED) is 0.721. The van der Waals surface area contributed by atoms with Gasteiger partial charge in [0.2, 0.25) is 0 Å². The molecule has 0 N–H and O–H groups in total. The van der Waals surface area contributed by atoms with Crippen LogP contribution in [-0.4, -0.2) is 26.7 Å². The Kier molecular flexibility index (Phi) is 6.52. The SMILES string of the molecule is CC(=O)O[Si](CCc1c(F)cc(F)cc1F)(OC(C)=O)OC(C)=O. The predicted molar refractivity (Wildman–Crippen MR) is 75.9 cm³/mol. The average molecular weight is 364 g/mol. The van der Waals surface area contributed by atoms with Crippen LogP contribution in [-0.2, 0) is 34.1 Å². The molecule has 132 valence electrons. The van der Waals surface area contributed by atoms with Gasteiger partial charge in [-0.1, -0.05) is 0 Å². The zero-order valence-corrected chi connectivity index (χ0v) is 14.2. The molecular formula is C14H15F3O6Si. The second-order valence-corrected chi connectivity index (χ2v) is 7.29. The molecule has 0 bridgehead atoms. The van der Waals surface area contributed by atoms with E-state index in [9.17, 15) is 27.6 Å². The first-order valence-electron chi connectivity index (χ1n) is 6.77. The van der Waals surface area contributed by atoms with Gasteiger partial charge in [-0.15, -0.1) is 0 Å². The minimum atomic E-state index is -4.20. The summed E-state index contributed by atoms with van der Waals surface area (Å²) in [6.45, 7) is 2.98. The molecule has 0 saturated heterocycles. The molecule has 0 fully saturated rings. The number of carbonyl (C=O) groups excluding carboxylic acids is 3. The van der Waals surface area contributed by atoms with Crippen molar-refractivity contribution in [2.45, 2.75) is 33.2 Å². The Hall–Kier alpha value is -2.36. The standard InChI is InChI=1S/C14H15F3O6Si/c1-8(18)21-24(22-9(2)19,23-10(3)20)5-4-12-13(16)6-11(15)7-14(12)17/h6-7H,4-5H2,1-3H3. The monoisotopic (exact) mass is 364 g/mol. The van der Waals surface area contributed by atoms with Crippen LogP contribution < -0.4 is 0 Å². The summed E-state index contributed by atoms with van der Waals surface area (Å²) in [7, 11) is -4.20. The minimum Gasteiger partial charge on any atom is -0.455 e. The van der Waals surface area contributed by atoms with Gasteiger partial charge in [-0.3, -0.25) is 14.4 Å². The van der Waals surface area contributed by atoms with Gasteiger partial charge in [-0.05, 0) is 6.42 Å². The smallest absolute Gasteiger partial charge is 0.455 e. The summed E-state index contributed by atoms with van der Waals surface area (Å²) in [4.78, 5) is 33.7. The minimum absolute atomic E-state index is 0.446. The Bertz CT molecular complexity index is 600. The number of benzene rings is 1. The maximum absolute atomic E-state index is 13.7. The van der Waals surface area contributed by atoms with Crippen LogP contribution in [0.15, 0.2) is 12.1 Å². The molecule has 1 rings (SSSR count). The fourth-order valence-corrected chi connectivity index (χ4v) is 4.26. The van der Waals surface area contributed by atoms with E-state index < -0.39 is 62.2 Å². The third kappa shape index (κ3) is 5.69. The molecule has 0 amide bonds. The maximum Gasteiger partial charge on any atom is 0.705 e. The molecule has 0 saturated carbocycles. The second kappa shape index (κ2) is 7.95. The predicted octanol–water partition coefficient (Wildman–Crippen LogP) is 2.27. The van der Waals surface area contributed by atoms with Crippen molar-refractivity contribution in [2.24, 2.45) is 0 Å². The Morgan fingerprint density at radius 1 is 0.875 bits per heavy atom. The molecule has 24 heavy (non-hydrogen) atoms. The van der Waals surface area contributed by atoms with Gasteiger partial charge in [0.05, 0.1) is 6.04 Å². The van der Waals surface area contributed by atoms with Crippen LogP contribution in [0.1, 0.15) is 26.3 Å². The van der Waals surface area contributed by atoms with Crippen molar-refractivity contribution in [1.82, 2.24) is 0 Å². The Morgan fingerprint density at radius 3 is 1.58 bits per heavy atom. The van der Waals surface area contributed by atoms with Crippen molar-refractivity contribution in [1.29, 1.82) is 0 Å². The van der Waals surface area contributed by atoms with Gasteiger partial charge >= 0.3 is 8.80 Å². The Labute approximate surface area is 136 Å². The summed E-state index contributed by atoms with van der Waals surface area (Å²) >= 11 is 0. The molecule has 0 aromatic heterocycles. The van der Waals surface area contributed by atoms with E-state index in [0.717, 1.165) is 20.8 Å². The van der Waals surface area contributed by atoms with Gasteiger partial charge in [-0.25, -0.2) is 13.2 Å². The molecule has 1 aromatic carbocycles. The van der Waals surface area contributed by atoms with Gasteiger partial charge < -0.3 is 13.3 Å². The number of halogens is 3. The summed E-state index contributed by atoms with van der Waals surface area (Å²) in [6.07, 6.45) is -0.446. The fraction of sp³-hybridized carbons (Fsp3) is 0.357. The van der Waals surface area contributed by atoms with Gasteiger partial charge in [-0.2, -0.15) is 0 Å². The highest BCUT2D eigenvalue weighted by molar-refractivity contribution is 6.65. The molecule has 0 spiro atoms. The van der Waals surface area contributed by atoms with Crippen LogP contribution in [0.25, 0.3) is 0 Å². The maximum atomic E-state index is 13.7. The molecule has 0 aliphatic carbocycles. The van der Waals surface area contributed by atoms with Gasteiger partial charge in [0, 0.05) is 38.5 Å². The van der Waals surface area contributed by atoms with Crippen molar-refractivity contribution in [3.63, 3.8) is 0 Å². The second-order valence-electron chi connectivity index (χ2n) is 4.81. The molecule has 10 heteroatoms. The first kappa shape index (κ1) is 19.7. The van der Waals surface area contributed by atoms with Crippen LogP contribution in [0, 0.1) is 17.5 Å². The van der Waals surface area contributed by atoms with Crippen molar-refractivity contribution in [3.05, 3.63) is 35.1 Å². The van der Waals surface area contributed by atoms with E-state index in [1.807, 2.05) is 0 Å². The van der Waals surface area contributed by atoms with Gasteiger partial charge in [0.15, 0.2) is 0 Å². The lowest BCUT2D eigenvalue weighted by Gasteiger charge is -2.26. The zero-order chi connectivity index (χ0) is 18.5. The Balaban J connectivity index is 3.13. The highest BCUT2D eigenvalue weighted by Crippen LogP contribution is 2.23. The largest absolute Gasteiger partial charge is 0.705 e. The van der Waals surface area contributed by atoms with E-state index in [-0.39, 0.29) is 0 Å². The van der Waals surface area contributed by atoms with Crippen LogP contribution in [0.2, 0.25) is 6.04 Å². The first-order chi connectivity index (χ1) is 11.0. The summed E-state index contributed by atoms with van der Waals surface area (Å²) in [5.41, 5.74) is -0.514. The van der Waals surface area contributed by atoms with Crippen molar-refractivity contribution in [3.8, 4) is 0 Å². The lowest BCUT2D eigenvalue weighted by Crippen LogP contribution is -2.49. The normalized spacial score (nSPS) is 10.9. The number of hydrogen-bond donors (Lipinski definition) is 0. The molecule has 0 aliphatic rings. The van der Waals surface area contributed by atoms with Crippen molar-refractivity contribution < 1.29 is 40.8 Å². The molecule has 0 heterocycles. The molecule has 0 aliphatic heterocycles. The molecule has 0 unspecified atom stereocenters. The molecule has 0 radical (unpaired) electrons. The molecule has 1 aromatic rings. The highest BCUT2D eigenvalue weighted by Gasteiger charge is 2.51. The molecule has 0 atom stereocenters. The van der Waals surface area contributed by atoms with E-state index in [1.165, 1.54) is 0 Å². The average Bonchev–Trinajstić information content (AvgIpc) is 2.34. The summed E-state index contributed by atoms with van der Waals surface area (Å²) < 4.78 is 54.9. The first-order valence-corrected chi connectivity index (χ1v) is 8.70. The van der Waals surface area contributed by atoms with E-state index in [2.05, 4.69) is 0 Å². The zero-order valence-electron chi connectivity index (χ0n) is 13.2. The summed E-state index contributed by atoms with van der Waals surface area (Å²) in [5, 5.41) is 0. The van der Waals surface area contributed by atoms with Gasteiger partial charge in [0.1, 0.15) is 17.5 Å². The highest BCUT2D eigenvalue weighted by atomic mass is 28.4.